The molecule has 1 atom stereocenters. The van der Waals surface area contributed by atoms with Gasteiger partial charge in [-0.3, -0.25) is 0 Å². The Hall–Kier alpha value is -0.130. The van der Waals surface area contributed by atoms with Crippen molar-refractivity contribution in [2.24, 2.45) is 11.8 Å². The molecule has 114 valence electrons. The smallest absolute Gasteiger partial charge is 0.215 e. The van der Waals surface area contributed by atoms with E-state index in [9.17, 15) is 8.42 Å². The third kappa shape index (κ3) is 5.79. The van der Waals surface area contributed by atoms with Gasteiger partial charge >= 0.3 is 0 Å². The van der Waals surface area contributed by atoms with Crippen LogP contribution in [0.3, 0.4) is 0 Å². The molecule has 0 spiro atoms. The lowest BCUT2D eigenvalue weighted by molar-refractivity contribution is 0.340. The zero-order valence-electron chi connectivity index (χ0n) is 12.9. The summed E-state index contributed by atoms with van der Waals surface area (Å²) in [5.41, 5.74) is 0. The molecule has 0 amide bonds. The zero-order chi connectivity index (χ0) is 14.5. The average Bonchev–Trinajstić information content (AvgIpc) is 2.53. The Balaban J connectivity index is 2.49. The molecular weight excluding hydrogens is 260 g/mol. The molecule has 1 rings (SSSR count). The molecule has 0 bridgehead atoms. The first-order valence-electron chi connectivity index (χ1n) is 7.54. The Labute approximate surface area is 119 Å². The van der Waals surface area contributed by atoms with Gasteiger partial charge in [-0.25, -0.2) is 12.7 Å². The van der Waals surface area contributed by atoms with Crippen molar-refractivity contribution in [3.8, 4) is 0 Å². The second-order valence-electron chi connectivity index (χ2n) is 6.26. The van der Waals surface area contributed by atoms with Crippen LogP contribution in [-0.2, 0) is 10.0 Å². The molecule has 1 N–H and O–H groups in total. The van der Waals surface area contributed by atoms with E-state index in [1.165, 1.54) is 0 Å². The van der Waals surface area contributed by atoms with Crippen molar-refractivity contribution >= 4 is 10.0 Å². The Morgan fingerprint density at radius 2 is 1.84 bits per heavy atom. The molecule has 0 saturated carbocycles. The third-order valence-electron chi connectivity index (χ3n) is 3.98. The largest absolute Gasteiger partial charge is 0.313 e. The lowest BCUT2D eigenvalue weighted by Gasteiger charge is -2.21. The number of nitrogens with zero attached hydrogens (tertiary/aromatic N) is 1. The van der Waals surface area contributed by atoms with Gasteiger partial charge in [-0.05, 0) is 31.1 Å². The summed E-state index contributed by atoms with van der Waals surface area (Å²) < 4.78 is 26.3. The molecule has 1 fully saturated rings. The summed E-state index contributed by atoms with van der Waals surface area (Å²) in [6.45, 7) is 10.5. The van der Waals surface area contributed by atoms with Crippen molar-refractivity contribution < 1.29 is 8.42 Å². The van der Waals surface area contributed by atoms with Crippen LogP contribution in [0.2, 0.25) is 0 Å². The molecule has 1 unspecified atom stereocenters. The van der Waals surface area contributed by atoms with Crippen LogP contribution in [-0.4, -0.2) is 44.2 Å². The number of rotatable bonds is 6. The van der Waals surface area contributed by atoms with Crippen molar-refractivity contribution in [2.45, 2.75) is 53.0 Å². The minimum absolute atomic E-state index is 0.220. The molecule has 0 aromatic heterocycles. The molecule has 1 aliphatic heterocycles. The van der Waals surface area contributed by atoms with Crippen LogP contribution < -0.4 is 5.32 Å². The first kappa shape index (κ1) is 16.9. The average molecular weight is 290 g/mol. The maximum atomic E-state index is 12.3. The van der Waals surface area contributed by atoms with Gasteiger partial charge in [-0.2, -0.15) is 0 Å². The quantitative estimate of drug-likeness (QED) is 0.815. The van der Waals surface area contributed by atoms with Crippen LogP contribution in [0.1, 0.15) is 47.0 Å². The lowest BCUT2D eigenvalue weighted by atomic mass is 9.89. The number of hydrogen-bond donors (Lipinski definition) is 1. The minimum Gasteiger partial charge on any atom is -0.313 e. The summed E-state index contributed by atoms with van der Waals surface area (Å²) >= 11 is 0. The maximum Gasteiger partial charge on any atom is 0.215 e. The van der Waals surface area contributed by atoms with Gasteiger partial charge in [0.05, 0.1) is 5.75 Å². The number of hydrogen-bond acceptors (Lipinski definition) is 3. The van der Waals surface area contributed by atoms with Gasteiger partial charge in [0.2, 0.25) is 10.0 Å². The van der Waals surface area contributed by atoms with Gasteiger partial charge in [0.25, 0.3) is 0 Å². The number of nitrogens with one attached hydrogen (secondary N) is 1. The van der Waals surface area contributed by atoms with Crippen molar-refractivity contribution in [3.63, 3.8) is 0 Å². The van der Waals surface area contributed by atoms with Crippen LogP contribution in [0.5, 0.6) is 0 Å². The molecular formula is C14H30N2O2S. The summed E-state index contributed by atoms with van der Waals surface area (Å²) in [4.78, 5) is 0. The highest BCUT2D eigenvalue weighted by Gasteiger charge is 2.26. The van der Waals surface area contributed by atoms with Crippen LogP contribution in [0, 0.1) is 11.8 Å². The van der Waals surface area contributed by atoms with Gasteiger partial charge in [0.1, 0.15) is 0 Å². The van der Waals surface area contributed by atoms with Crippen LogP contribution in [0.25, 0.3) is 0 Å². The molecule has 19 heavy (non-hydrogen) atoms. The monoisotopic (exact) mass is 290 g/mol. The molecule has 5 heteroatoms. The highest BCUT2D eigenvalue weighted by atomic mass is 32.2. The van der Waals surface area contributed by atoms with E-state index in [1.807, 2.05) is 13.8 Å². The van der Waals surface area contributed by atoms with E-state index in [2.05, 4.69) is 19.2 Å². The van der Waals surface area contributed by atoms with Gasteiger partial charge < -0.3 is 5.32 Å². The second kappa shape index (κ2) is 7.60. The predicted octanol–water partition coefficient (Wildman–Crippen LogP) is 2.07. The van der Waals surface area contributed by atoms with E-state index in [0.29, 0.717) is 37.5 Å². The SMILES string of the molecule is CC(C)NCCS(=O)(=O)N1CCCC(C(C)C)CC1. The molecule has 0 aromatic carbocycles. The van der Waals surface area contributed by atoms with E-state index in [4.69, 9.17) is 0 Å². The Morgan fingerprint density at radius 3 is 2.42 bits per heavy atom. The van der Waals surface area contributed by atoms with Crippen molar-refractivity contribution in [2.75, 3.05) is 25.4 Å². The first-order chi connectivity index (χ1) is 8.83. The standard InChI is InChI=1S/C14H30N2O2S/c1-12(2)14-6-5-9-16(10-7-14)19(17,18)11-8-15-13(3)4/h12-15H,5-11H2,1-4H3. The lowest BCUT2D eigenvalue weighted by Crippen LogP contribution is -2.38. The van der Waals surface area contributed by atoms with E-state index < -0.39 is 10.0 Å². The minimum atomic E-state index is -3.08. The van der Waals surface area contributed by atoms with E-state index >= 15 is 0 Å². The molecule has 1 aliphatic rings. The van der Waals surface area contributed by atoms with Crippen LogP contribution in [0.15, 0.2) is 0 Å². The van der Waals surface area contributed by atoms with Gasteiger partial charge in [0.15, 0.2) is 0 Å². The predicted molar refractivity (Wildman–Crippen MR) is 80.7 cm³/mol. The van der Waals surface area contributed by atoms with Gasteiger partial charge in [-0.15, -0.1) is 0 Å². The Kier molecular flexibility index (Phi) is 6.77. The third-order valence-corrected chi connectivity index (χ3v) is 5.85. The Bertz CT molecular complexity index is 352. The maximum absolute atomic E-state index is 12.3. The molecule has 1 heterocycles. The summed E-state index contributed by atoms with van der Waals surface area (Å²) in [6, 6.07) is 0.338. The van der Waals surface area contributed by atoms with Gasteiger partial charge in [-0.1, -0.05) is 27.7 Å². The fourth-order valence-corrected chi connectivity index (χ4v) is 4.07. The van der Waals surface area contributed by atoms with Crippen molar-refractivity contribution in [1.29, 1.82) is 0 Å². The van der Waals surface area contributed by atoms with Crippen molar-refractivity contribution in [1.82, 2.24) is 9.62 Å². The summed E-state index contributed by atoms with van der Waals surface area (Å²) in [5.74, 6) is 1.55. The molecule has 0 aliphatic carbocycles. The fourth-order valence-electron chi connectivity index (χ4n) is 2.65. The summed E-state index contributed by atoms with van der Waals surface area (Å²) in [5, 5.41) is 3.18. The summed E-state index contributed by atoms with van der Waals surface area (Å²) in [6.07, 6.45) is 3.17. The van der Waals surface area contributed by atoms with E-state index in [1.54, 1.807) is 4.31 Å². The second-order valence-corrected chi connectivity index (χ2v) is 8.35. The highest BCUT2D eigenvalue weighted by molar-refractivity contribution is 7.89. The van der Waals surface area contributed by atoms with Crippen LogP contribution in [0.4, 0.5) is 0 Å². The number of sulfonamides is 1. The van der Waals surface area contributed by atoms with Crippen molar-refractivity contribution in [3.05, 3.63) is 0 Å². The molecule has 1 saturated heterocycles. The molecule has 4 nitrogen and oxygen atoms in total. The Morgan fingerprint density at radius 1 is 1.16 bits per heavy atom. The van der Waals surface area contributed by atoms with Crippen LogP contribution >= 0.6 is 0 Å². The molecule has 0 aromatic rings. The molecule has 0 radical (unpaired) electrons. The normalized spacial score (nSPS) is 22.9. The first-order valence-corrected chi connectivity index (χ1v) is 9.15. The van der Waals surface area contributed by atoms with E-state index in [0.717, 1.165) is 19.3 Å². The zero-order valence-corrected chi connectivity index (χ0v) is 13.7. The van der Waals surface area contributed by atoms with Gasteiger partial charge in [0, 0.05) is 25.7 Å². The fraction of sp³-hybridized carbons (Fsp3) is 1.00. The highest BCUT2D eigenvalue weighted by Crippen LogP contribution is 2.25. The summed E-state index contributed by atoms with van der Waals surface area (Å²) in [7, 11) is -3.08. The van der Waals surface area contributed by atoms with E-state index in [-0.39, 0.29) is 5.75 Å². The topological polar surface area (TPSA) is 49.4 Å².